The van der Waals surface area contributed by atoms with Crippen molar-refractivity contribution in [3.05, 3.63) is 95.8 Å². The quantitative estimate of drug-likeness (QED) is 0.625. The van der Waals surface area contributed by atoms with E-state index >= 15 is 0 Å². The van der Waals surface area contributed by atoms with Crippen LogP contribution in [0.5, 0.6) is 11.5 Å². The molecule has 0 saturated carbocycles. The Labute approximate surface area is 153 Å². The van der Waals surface area contributed by atoms with E-state index in [1.165, 1.54) is 5.57 Å². The number of hydrogen-bond donors (Lipinski definition) is 0. The number of pyridine rings is 1. The zero-order valence-corrected chi connectivity index (χ0v) is 14.5. The van der Waals surface area contributed by atoms with E-state index in [0.717, 1.165) is 47.7 Å². The Morgan fingerprint density at radius 1 is 0.885 bits per heavy atom. The number of rotatable bonds is 4. The van der Waals surface area contributed by atoms with Crippen LogP contribution in [-0.2, 0) is 0 Å². The molecule has 2 heterocycles. The summed E-state index contributed by atoms with van der Waals surface area (Å²) >= 11 is 0. The van der Waals surface area contributed by atoms with Gasteiger partial charge in [0.05, 0.1) is 5.71 Å². The first kappa shape index (κ1) is 16.3. The van der Waals surface area contributed by atoms with Gasteiger partial charge in [0.15, 0.2) is 0 Å². The van der Waals surface area contributed by atoms with Crippen molar-refractivity contribution in [3.63, 3.8) is 0 Å². The molecule has 128 valence electrons. The van der Waals surface area contributed by atoms with Gasteiger partial charge in [0.25, 0.3) is 0 Å². The lowest BCUT2D eigenvalue weighted by Gasteiger charge is -2.16. The Morgan fingerprint density at radius 2 is 1.77 bits per heavy atom. The molecule has 2 aromatic carbocycles. The molecule has 0 atom stereocenters. The van der Waals surface area contributed by atoms with Crippen molar-refractivity contribution in [1.82, 2.24) is 4.98 Å². The lowest BCUT2D eigenvalue weighted by Crippen LogP contribution is -2.11. The molecule has 3 nitrogen and oxygen atoms in total. The first-order valence-electron chi connectivity index (χ1n) is 8.87. The average molecular weight is 340 g/mol. The molecule has 0 radical (unpaired) electrons. The molecule has 0 fully saturated rings. The van der Waals surface area contributed by atoms with Crippen LogP contribution >= 0.6 is 0 Å². The minimum absolute atomic E-state index is 0.834. The number of aliphatic imine (C=N–C) groups is 1. The smallest absolute Gasteiger partial charge is 0.128 e. The molecule has 0 aliphatic carbocycles. The highest BCUT2D eigenvalue weighted by Gasteiger charge is 2.14. The number of hydrogen-bond acceptors (Lipinski definition) is 3. The van der Waals surface area contributed by atoms with Gasteiger partial charge >= 0.3 is 0 Å². The largest absolute Gasteiger partial charge is 0.457 e. The monoisotopic (exact) mass is 340 g/mol. The standard InChI is InChI=1S/C23H20N2O/c1-2-10-21(11-3-1)26-22-12-4-7-18(16-22)15-19-8-6-14-25-23(19)20-9-5-13-24-17-20/h1-5,7,9-13,15-17H,6,8,14H2/b19-15+. The Balaban J connectivity index is 1.62. The van der Waals surface area contributed by atoms with Crippen LogP contribution in [0.1, 0.15) is 24.0 Å². The summed E-state index contributed by atoms with van der Waals surface area (Å²) in [7, 11) is 0. The maximum atomic E-state index is 5.95. The van der Waals surface area contributed by atoms with Crippen molar-refractivity contribution in [2.24, 2.45) is 4.99 Å². The van der Waals surface area contributed by atoms with Gasteiger partial charge < -0.3 is 4.74 Å². The van der Waals surface area contributed by atoms with Crippen LogP contribution in [0.15, 0.2) is 89.7 Å². The van der Waals surface area contributed by atoms with Crippen molar-refractivity contribution in [2.75, 3.05) is 6.54 Å². The summed E-state index contributed by atoms with van der Waals surface area (Å²) < 4.78 is 5.95. The molecule has 1 aromatic heterocycles. The van der Waals surface area contributed by atoms with Gasteiger partial charge in [0.2, 0.25) is 0 Å². The summed E-state index contributed by atoms with van der Waals surface area (Å²) in [4.78, 5) is 8.98. The Hall–Kier alpha value is -3.20. The minimum atomic E-state index is 0.834. The minimum Gasteiger partial charge on any atom is -0.457 e. The number of nitrogens with zero attached hydrogens (tertiary/aromatic N) is 2. The number of ether oxygens (including phenoxy) is 1. The second-order valence-electron chi connectivity index (χ2n) is 6.23. The molecule has 1 aliphatic rings. The van der Waals surface area contributed by atoms with Crippen LogP contribution in [0.4, 0.5) is 0 Å². The molecule has 0 amide bonds. The van der Waals surface area contributed by atoms with Crippen LogP contribution in [0.3, 0.4) is 0 Å². The predicted octanol–water partition coefficient (Wildman–Crippen LogP) is 5.54. The molecule has 4 rings (SSSR count). The van der Waals surface area contributed by atoms with Crippen LogP contribution < -0.4 is 4.74 Å². The summed E-state index contributed by atoms with van der Waals surface area (Å²) in [6.45, 7) is 0.874. The van der Waals surface area contributed by atoms with Gasteiger partial charge in [-0.2, -0.15) is 0 Å². The average Bonchev–Trinajstić information content (AvgIpc) is 2.70. The highest BCUT2D eigenvalue weighted by atomic mass is 16.5. The zero-order chi connectivity index (χ0) is 17.6. The third kappa shape index (κ3) is 3.89. The van der Waals surface area contributed by atoms with Gasteiger partial charge in [-0.1, -0.05) is 30.3 Å². The molecule has 0 bridgehead atoms. The summed E-state index contributed by atoms with van der Waals surface area (Å²) in [6, 6.07) is 22.0. The van der Waals surface area contributed by atoms with E-state index in [1.54, 1.807) is 6.20 Å². The van der Waals surface area contributed by atoms with E-state index in [2.05, 4.69) is 29.3 Å². The number of para-hydroxylation sites is 1. The predicted molar refractivity (Wildman–Crippen MR) is 106 cm³/mol. The van der Waals surface area contributed by atoms with E-state index in [-0.39, 0.29) is 0 Å². The Morgan fingerprint density at radius 3 is 2.62 bits per heavy atom. The van der Waals surface area contributed by atoms with Crippen LogP contribution in [-0.4, -0.2) is 17.2 Å². The van der Waals surface area contributed by atoms with Crippen molar-refractivity contribution in [3.8, 4) is 11.5 Å². The Kier molecular flexibility index (Phi) is 4.88. The summed E-state index contributed by atoms with van der Waals surface area (Å²) in [6.07, 6.45) is 7.99. The SMILES string of the molecule is C(=C1/CCCN=C1c1cccnc1)/c1cccc(Oc2ccccc2)c1. The lowest BCUT2D eigenvalue weighted by atomic mass is 9.95. The molecular formula is C23H20N2O. The van der Waals surface area contributed by atoms with Crippen LogP contribution in [0.25, 0.3) is 6.08 Å². The number of aromatic nitrogens is 1. The van der Waals surface area contributed by atoms with Crippen molar-refractivity contribution in [1.29, 1.82) is 0 Å². The van der Waals surface area contributed by atoms with E-state index in [4.69, 9.17) is 9.73 Å². The molecule has 3 aromatic rings. The van der Waals surface area contributed by atoms with Crippen molar-refractivity contribution >= 4 is 11.8 Å². The fraction of sp³-hybridized carbons (Fsp3) is 0.130. The zero-order valence-electron chi connectivity index (χ0n) is 14.5. The first-order chi connectivity index (χ1) is 12.9. The van der Waals surface area contributed by atoms with Gasteiger partial charge in [-0.25, -0.2) is 0 Å². The van der Waals surface area contributed by atoms with E-state index in [9.17, 15) is 0 Å². The van der Waals surface area contributed by atoms with Gasteiger partial charge in [0.1, 0.15) is 11.5 Å². The lowest BCUT2D eigenvalue weighted by molar-refractivity contribution is 0.482. The highest BCUT2D eigenvalue weighted by Crippen LogP contribution is 2.25. The molecule has 0 spiro atoms. The Bertz CT molecular complexity index is 931. The summed E-state index contributed by atoms with van der Waals surface area (Å²) in [5.41, 5.74) is 4.50. The first-order valence-corrected chi connectivity index (χ1v) is 8.87. The van der Waals surface area contributed by atoms with Crippen molar-refractivity contribution in [2.45, 2.75) is 12.8 Å². The van der Waals surface area contributed by atoms with Crippen LogP contribution in [0, 0.1) is 0 Å². The molecule has 0 saturated heterocycles. The highest BCUT2D eigenvalue weighted by molar-refractivity contribution is 6.15. The normalized spacial score (nSPS) is 15.5. The number of benzene rings is 2. The van der Waals surface area contributed by atoms with E-state index in [1.807, 2.05) is 54.7 Å². The van der Waals surface area contributed by atoms with Crippen molar-refractivity contribution < 1.29 is 4.74 Å². The second-order valence-corrected chi connectivity index (χ2v) is 6.23. The number of allylic oxidation sites excluding steroid dienone is 1. The molecule has 0 unspecified atom stereocenters. The van der Waals surface area contributed by atoms with Gasteiger partial charge in [0, 0.05) is 24.5 Å². The molecule has 26 heavy (non-hydrogen) atoms. The van der Waals surface area contributed by atoms with Gasteiger partial charge in [-0.05, 0) is 66.5 Å². The maximum Gasteiger partial charge on any atom is 0.128 e. The summed E-state index contributed by atoms with van der Waals surface area (Å²) in [5, 5.41) is 0. The third-order valence-corrected chi connectivity index (χ3v) is 4.29. The fourth-order valence-corrected chi connectivity index (χ4v) is 3.09. The fourth-order valence-electron chi connectivity index (χ4n) is 3.09. The summed E-state index contributed by atoms with van der Waals surface area (Å²) in [5.74, 6) is 1.67. The third-order valence-electron chi connectivity index (χ3n) is 4.29. The van der Waals surface area contributed by atoms with Gasteiger partial charge in [-0.15, -0.1) is 0 Å². The maximum absolute atomic E-state index is 5.95. The molecule has 3 heteroatoms. The van der Waals surface area contributed by atoms with Crippen LogP contribution in [0.2, 0.25) is 0 Å². The topological polar surface area (TPSA) is 34.5 Å². The molecule has 0 N–H and O–H groups in total. The second kappa shape index (κ2) is 7.79. The molecule has 1 aliphatic heterocycles. The van der Waals surface area contributed by atoms with E-state index in [0.29, 0.717) is 0 Å². The molecular weight excluding hydrogens is 320 g/mol. The van der Waals surface area contributed by atoms with Gasteiger partial charge in [-0.3, -0.25) is 9.98 Å². The van der Waals surface area contributed by atoms with E-state index < -0.39 is 0 Å².